The summed E-state index contributed by atoms with van der Waals surface area (Å²) in [6.07, 6.45) is 3.80. The zero-order valence-corrected chi connectivity index (χ0v) is 13.8. The second-order valence-corrected chi connectivity index (χ2v) is 6.32. The van der Waals surface area contributed by atoms with Crippen LogP contribution in [0.5, 0.6) is 0 Å². The van der Waals surface area contributed by atoms with E-state index < -0.39 is 0 Å². The molecular weight excluding hydrogens is 260 g/mol. The van der Waals surface area contributed by atoms with Gasteiger partial charge in [0, 0.05) is 32.3 Å². The predicted molar refractivity (Wildman–Crippen MR) is 88.6 cm³/mol. The van der Waals surface area contributed by atoms with Gasteiger partial charge in [0.05, 0.1) is 6.61 Å². The Labute approximate surface area is 129 Å². The number of hydrogen-bond acceptors (Lipinski definition) is 3. The Morgan fingerprint density at radius 3 is 2.57 bits per heavy atom. The molecule has 3 nitrogen and oxygen atoms in total. The maximum atomic E-state index is 5.26. The Morgan fingerprint density at radius 1 is 1.24 bits per heavy atom. The van der Waals surface area contributed by atoms with Gasteiger partial charge in [0.2, 0.25) is 0 Å². The van der Waals surface area contributed by atoms with Crippen molar-refractivity contribution in [3.63, 3.8) is 0 Å². The van der Waals surface area contributed by atoms with Crippen molar-refractivity contribution < 1.29 is 4.74 Å². The second-order valence-electron chi connectivity index (χ2n) is 6.32. The van der Waals surface area contributed by atoms with Crippen LogP contribution in [0.2, 0.25) is 0 Å². The monoisotopic (exact) mass is 290 g/mol. The van der Waals surface area contributed by atoms with Crippen LogP contribution < -0.4 is 5.32 Å². The molecule has 0 bridgehead atoms. The third-order valence-corrected chi connectivity index (χ3v) is 4.08. The molecule has 1 aliphatic carbocycles. The quantitative estimate of drug-likeness (QED) is 0.717. The van der Waals surface area contributed by atoms with Crippen molar-refractivity contribution in [3.05, 3.63) is 35.4 Å². The highest BCUT2D eigenvalue weighted by atomic mass is 16.5. The Morgan fingerprint density at radius 2 is 1.95 bits per heavy atom. The molecule has 3 heteroatoms. The molecule has 0 radical (unpaired) electrons. The molecule has 1 aliphatic rings. The summed E-state index contributed by atoms with van der Waals surface area (Å²) in [6.45, 7) is 8.38. The lowest BCUT2D eigenvalue weighted by Gasteiger charge is -2.23. The van der Waals surface area contributed by atoms with Gasteiger partial charge in [-0.15, -0.1) is 0 Å². The minimum atomic E-state index is 0.557. The fraction of sp³-hybridized carbons (Fsp3) is 0.667. The Hall–Kier alpha value is -0.900. The zero-order chi connectivity index (χ0) is 15.1. The highest BCUT2D eigenvalue weighted by molar-refractivity contribution is 5.27. The Bertz CT molecular complexity index is 415. The van der Waals surface area contributed by atoms with Crippen LogP contribution in [-0.2, 0) is 17.7 Å². The lowest BCUT2D eigenvalue weighted by molar-refractivity contribution is 0.139. The van der Waals surface area contributed by atoms with Crippen molar-refractivity contribution in [2.24, 2.45) is 0 Å². The largest absolute Gasteiger partial charge is 0.383 e. The van der Waals surface area contributed by atoms with Crippen molar-refractivity contribution in [3.8, 4) is 0 Å². The van der Waals surface area contributed by atoms with Gasteiger partial charge in [-0.25, -0.2) is 0 Å². The molecule has 0 saturated heterocycles. The Kier molecular flexibility index (Phi) is 6.68. The summed E-state index contributed by atoms with van der Waals surface area (Å²) in [7, 11) is 1.79. The average molecular weight is 290 g/mol. The van der Waals surface area contributed by atoms with Crippen molar-refractivity contribution in [2.75, 3.05) is 26.8 Å². The molecule has 21 heavy (non-hydrogen) atoms. The molecule has 0 aliphatic heterocycles. The lowest BCUT2D eigenvalue weighted by atomic mass is 10.0. The molecule has 1 aromatic carbocycles. The summed E-state index contributed by atoms with van der Waals surface area (Å²) in [5.41, 5.74) is 2.96. The van der Waals surface area contributed by atoms with Crippen molar-refractivity contribution in [1.82, 2.24) is 10.2 Å². The Balaban J connectivity index is 1.94. The number of nitrogens with one attached hydrogen (secondary N) is 1. The van der Waals surface area contributed by atoms with Crippen LogP contribution in [0.25, 0.3) is 0 Å². The zero-order valence-electron chi connectivity index (χ0n) is 13.8. The van der Waals surface area contributed by atoms with E-state index in [4.69, 9.17) is 4.74 Å². The van der Waals surface area contributed by atoms with E-state index in [1.807, 2.05) is 0 Å². The van der Waals surface area contributed by atoms with Gasteiger partial charge in [-0.1, -0.05) is 38.1 Å². The molecular formula is C18H30N2O. The second kappa shape index (κ2) is 8.52. The molecule has 2 rings (SSSR count). The van der Waals surface area contributed by atoms with Gasteiger partial charge in [0.25, 0.3) is 0 Å². The first-order valence-electron chi connectivity index (χ1n) is 8.24. The molecule has 0 atom stereocenters. The van der Waals surface area contributed by atoms with Gasteiger partial charge >= 0.3 is 0 Å². The normalized spacial score (nSPS) is 15.1. The van der Waals surface area contributed by atoms with Gasteiger partial charge in [-0.05, 0) is 36.9 Å². The van der Waals surface area contributed by atoms with E-state index in [1.165, 1.54) is 24.0 Å². The van der Waals surface area contributed by atoms with Crippen molar-refractivity contribution in [1.29, 1.82) is 0 Å². The van der Waals surface area contributed by atoms with Gasteiger partial charge in [0.1, 0.15) is 0 Å². The number of methoxy groups -OCH3 is 1. The number of benzene rings is 1. The maximum absolute atomic E-state index is 5.26. The maximum Gasteiger partial charge on any atom is 0.0589 e. The molecule has 1 aromatic rings. The summed E-state index contributed by atoms with van der Waals surface area (Å²) in [6, 6.07) is 10.2. The first-order chi connectivity index (χ1) is 10.2. The van der Waals surface area contributed by atoms with E-state index in [1.54, 1.807) is 7.11 Å². The minimum absolute atomic E-state index is 0.557. The minimum Gasteiger partial charge on any atom is -0.383 e. The SMILES string of the molecule is COCCN(Cc1ccccc1CCNC(C)C)C1CC1. The summed E-state index contributed by atoms with van der Waals surface area (Å²) >= 11 is 0. The van der Waals surface area contributed by atoms with Crippen molar-refractivity contribution >= 4 is 0 Å². The molecule has 0 heterocycles. The van der Waals surface area contributed by atoms with Crippen LogP contribution in [0.1, 0.15) is 37.8 Å². The number of hydrogen-bond donors (Lipinski definition) is 1. The summed E-state index contributed by atoms with van der Waals surface area (Å²) in [4.78, 5) is 2.58. The number of nitrogens with zero attached hydrogens (tertiary/aromatic N) is 1. The van der Waals surface area contributed by atoms with E-state index >= 15 is 0 Å². The molecule has 118 valence electrons. The van der Waals surface area contributed by atoms with Crippen LogP contribution in [-0.4, -0.2) is 43.8 Å². The first kappa shape index (κ1) is 16.5. The molecule has 0 amide bonds. The van der Waals surface area contributed by atoms with Crippen LogP contribution in [0, 0.1) is 0 Å². The van der Waals surface area contributed by atoms with Gasteiger partial charge in [-0.3, -0.25) is 4.90 Å². The first-order valence-corrected chi connectivity index (χ1v) is 8.24. The van der Waals surface area contributed by atoms with E-state index in [0.29, 0.717) is 6.04 Å². The topological polar surface area (TPSA) is 24.5 Å². The van der Waals surface area contributed by atoms with Crippen LogP contribution in [0.3, 0.4) is 0 Å². The van der Waals surface area contributed by atoms with E-state index in [-0.39, 0.29) is 0 Å². The summed E-state index contributed by atoms with van der Waals surface area (Å²) in [5, 5.41) is 3.51. The van der Waals surface area contributed by atoms with Crippen LogP contribution in [0.15, 0.2) is 24.3 Å². The highest BCUT2D eigenvalue weighted by Gasteiger charge is 2.28. The molecule has 0 spiro atoms. The smallest absolute Gasteiger partial charge is 0.0589 e. The number of ether oxygens (including phenoxy) is 1. The number of rotatable bonds is 10. The van der Waals surface area contributed by atoms with Crippen LogP contribution in [0.4, 0.5) is 0 Å². The fourth-order valence-electron chi connectivity index (χ4n) is 2.71. The van der Waals surface area contributed by atoms with Crippen LogP contribution >= 0.6 is 0 Å². The van der Waals surface area contributed by atoms with Gasteiger partial charge in [0.15, 0.2) is 0 Å². The standard InChI is InChI=1S/C18H30N2O/c1-15(2)19-11-10-16-6-4-5-7-17(16)14-20(12-13-21-3)18-8-9-18/h4-7,15,18-19H,8-14H2,1-3H3. The molecule has 1 saturated carbocycles. The predicted octanol–water partition coefficient (Wildman–Crippen LogP) is 2.84. The van der Waals surface area contributed by atoms with E-state index in [9.17, 15) is 0 Å². The molecule has 0 unspecified atom stereocenters. The highest BCUT2D eigenvalue weighted by Crippen LogP contribution is 2.28. The fourth-order valence-corrected chi connectivity index (χ4v) is 2.71. The third kappa shape index (κ3) is 5.77. The average Bonchev–Trinajstić information content (AvgIpc) is 3.29. The van der Waals surface area contributed by atoms with E-state index in [0.717, 1.165) is 38.7 Å². The van der Waals surface area contributed by atoms with E-state index in [2.05, 4.69) is 48.3 Å². The third-order valence-electron chi connectivity index (χ3n) is 4.08. The molecule has 1 fully saturated rings. The van der Waals surface area contributed by atoms with Gasteiger partial charge < -0.3 is 10.1 Å². The molecule has 1 N–H and O–H groups in total. The molecule has 0 aromatic heterocycles. The summed E-state index contributed by atoms with van der Waals surface area (Å²) in [5.74, 6) is 0. The summed E-state index contributed by atoms with van der Waals surface area (Å²) < 4.78 is 5.26. The van der Waals surface area contributed by atoms with Gasteiger partial charge in [-0.2, -0.15) is 0 Å². The van der Waals surface area contributed by atoms with Crippen molar-refractivity contribution in [2.45, 2.75) is 51.7 Å². The lowest BCUT2D eigenvalue weighted by Crippen LogP contribution is -2.30.